The highest BCUT2D eigenvalue weighted by Crippen LogP contribution is 2.32. The number of aromatic nitrogens is 2. The van der Waals surface area contributed by atoms with Gasteiger partial charge in [0.25, 0.3) is 0 Å². The number of hydrogen-bond acceptors (Lipinski definition) is 5. The van der Waals surface area contributed by atoms with Crippen molar-refractivity contribution < 1.29 is 8.42 Å². The van der Waals surface area contributed by atoms with E-state index < -0.39 is 10.0 Å². The van der Waals surface area contributed by atoms with Crippen LogP contribution in [0.1, 0.15) is 31.2 Å². The van der Waals surface area contributed by atoms with Crippen molar-refractivity contribution in [2.45, 2.75) is 30.6 Å². The van der Waals surface area contributed by atoms with Crippen LogP contribution in [0.4, 0.5) is 5.95 Å². The van der Waals surface area contributed by atoms with Crippen LogP contribution in [0.2, 0.25) is 0 Å². The second kappa shape index (κ2) is 6.86. The number of nitrogens with zero attached hydrogens (tertiary/aromatic N) is 3. The Morgan fingerprint density at radius 2 is 1.71 bits per heavy atom. The van der Waals surface area contributed by atoms with E-state index in [-0.39, 0.29) is 4.90 Å². The van der Waals surface area contributed by atoms with Crippen LogP contribution >= 0.6 is 0 Å². The summed E-state index contributed by atoms with van der Waals surface area (Å²) in [5.74, 6) is 1.72. The molecule has 6 nitrogen and oxygen atoms in total. The van der Waals surface area contributed by atoms with Crippen LogP contribution in [0.5, 0.6) is 0 Å². The Morgan fingerprint density at radius 3 is 2.25 bits per heavy atom. The van der Waals surface area contributed by atoms with E-state index in [0.29, 0.717) is 17.8 Å². The van der Waals surface area contributed by atoms with Crippen molar-refractivity contribution in [2.75, 3.05) is 18.0 Å². The minimum Gasteiger partial charge on any atom is -0.341 e. The van der Waals surface area contributed by atoms with E-state index in [4.69, 9.17) is 5.14 Å². The number of anilines is 1. The van der Waals surface area contributed by atoms with Gasteiger partial charge in [0.2, 0.25) is 16.0 Å². The van der Waals surface area contributed by atoms with Gasteiger partial charge in [-0.1, -0.05) is 37.3 Å². The number of piperidine rings is 1. The second-order valence-electron chi connectivity index (χ2n) is 6.29. The first kappa shape index (κ1) is 16.9. The molecule has 0 aliphatic carbocycles. The van der Waals surface area contributed by atoms with Crippen molar-refractivity contribution in [2.24, 2.45) is 11.1 Å². The first-order chi connectivity index (χ1) is 11.4. The number of rotatable bonds is 4. The van der Waals surface area contributed by atoms with Crippen LogP contribution in [0.25, 0.3) is 0 Å². The Labute approximate surface area is 142 Å². The highest BCUT2D eigenvalue weighted by Gasteiger charge is 2.26. The van der Waals surface area contributed by atoms with Crippen molar-refractivity contribution in [1.82, 2.24) is 9.97 Å². The maximum Gasteiger partial charge on any atom is 0.241 e. The van der Waals surface area contributed by atoms with Gasteiger partial charge in [-0.3, -0.25) is 0 Å². The normalized spacial score (nSPS) is 17.7. The average Bonchev–Trinajstić information content (AvgIpc) is 2.61. The van der Waals surface area contributed by atoms with E-state index in [2.05, 4.69) is 46.1 Å². The molecule has 3 rings (SSSR count). The van der Waals surface area contributed by atoms with Gasteiger partial charge in [0.1, 0.15) is 4.90 Å². The number of nitrogens with two attached hydrogens (primary N) is 1. The maximum absolute atomic E-state index is 11.3. The highest BCUT2D eigenvalue weighted by molar-refractivity contribution is 7.89. The highest BCUT2D eigenvalue weighted by atomic mass is 32.2. The quantitative estimate of drug-likeness (QED) is 0.916. The van der Waals surface area contributed by atoms with Gasteiger partial charge in [-0.05, 0) is 30.2 Å². The molecule has 0 amide bonds. The predicted octanol–water partition coefficient (Wildman–Crippen LogP) is 2.14. The smallest absolute Gasteiger partial charge is 0.241 e. The zero-order chi connectivity index (χ0) is 17.2. The average molecular weight is 346 g/mol. The molecule has 1 fully saturated rings. The summed E-state index contributed by atoms with van der Waals surface area (Å²) in [6.45, 7) is 4.03. The topological polar surface area (TPSA) is 89.2 Å². The third-order valence-corrected chi connectivity index (χ3v) is 5.67. The van der Waals surface area contributed by atoms with E-state index in [1.165, 1.54) is 18.0 Å². The van der Waals surface area contributed by atoms with Crippen LogP contribution in [0.15, 0.2) is 47.6 Å². The summed E-state index contributed by atoms with van der Waals surface area (Å²) >= 11 is 0. The molecule has 1 atom stereocenters. The maximum atomic E-state index is 11.3. The monoisotopic (exact) mass is 346 g/mol. The fourth-order valence-corrected chi connectivity index (χ4v) is 3.65. The molecule has 1 saturated heterocycles. The summed E-state index contributed by atoms with van der Waals surface area (Å²) in [4.78, 5) is 10.3. The van der Waals surface area contributed by atoms with Gasteiger partial charge in [0, 0.05) is 13.1 Å². The van der Waals surface area contributed by atoms with Gasteiger partial charge in [-0.15, -0.1) is 0 Å². The fraction of sp³-hybridized carbons (Fsp3) is 0.412. The minimum atomic E-state index is -3.74. The van der Waals surface area contributed by atoms with Gasteiger partial charge in [-0.25, -0.2) is 23.5 Å². The molecule has 2 N–H and O–H groups in total. The zero-order valence-electron chi connectivity index (χ0n) is 13.7. The largest absolute Gasteiger partial charge is 0.341 e. The predicted molar refractivity (Wildman–Crippen MR) is 93.2 cm³/mol. The van der Waals surface area contributed by atoms with Gasteiger partial charge >= 0.3 is 0 Å². The molecule has 0 saturated carbocycles. The van der Waals surface area contributed by atoms with Gasteiger partial charge in [-0.2, -0.15) is 0 Å². The summed E-state index contributed by atoms with van der Waals surface area (Å²) in [6.07, 6.45) is 4.68. The molecule has 7 heteroatoms. The molecule has 0 radical (unpaired) electrons. The van der Waals surface area contributed by atoms with Crippen molar-refractivity contribution in [3.05, 3.63) is 48.3 Å². The van der Waals surface area contributed by atoms with E-state index in [1.807, 2.05) is 6.07 Å². The van der Waals surface area contributed by atoms with E-state index in [0.717, 1.165) is 25.9 Å². The summed E-state index contributed by atoms with van der Waals surface area (Å²) in [5.41, 5.74) is 1.38. The summed E-state index contributed by atoms with van der Waals surface area (Å²) < 4.78 is 22.5. The Bertz CT molecular complexity index is 770. The van der Waals surface area contributed by atoms with Gasteiger partial charge in [0.15, 0.2) is 0 Å². The second-order valence-corrected chi connectivity index (χ2v) is 7.85. The van der Waals surface area contributed by atoms with Crippen molar-refractivity contribution in [1.29, 1.82) is 0 Å². The minimum absolute atomic E-state index is 0.0566. The third kappa shape index (κ3) is 3.73. The molecule has 1 aromatic carbocycles. The molecular formula is C17H22N4O2S. The summed E-state index contributed by atoms with van der Waals surface area (Å²) in [5, 5.41) is 5.07. The standard InChI is InChI=1S/C17H22N4O2S/c1-13(14-5-3-2-4-6-14)15-7-9-21(10-8-15)17-19-11-16(12-20-17)24(18,22)23/h2-6,11-13,15H,7-10H2,1H3,(H2,18,22,23). The molecule has 1 unspecified atom stereocenters. The van der Waals surface area contributed by atoms with Crippen LogP contribution in [0.3, 0.4) is 0 Å². The molecule has 1 aliphatic heterocycles. The van der Waals surface area contributed by atoms with Crippen molar-refractivity contribution in [3.63, 3.8) is 0 Å². The Hall–Kier alpha value is -1.99. The molecule has 24 heavy (non-hydrogen) atoms. The first-order valence-corrected chi connectivity index (χ1v) is 9.64. The van der Waals surface area contributed by atoms with Crippen LogP contribution in [0, 0.1) is 5.92 Å². The lowest BCUT2D eigenvalue weighted by atomic mass is 9.81. The lowest BCUT2D eigenvalue weighted by Gasteiger charge is -2.35. The number of benzene rings is 1. The van der Waals surface area contributed by atoms with Crippen molar-refractivity contribution in [3.8, 4) is 0 Å². The third-order valence-electron chi connectivity index (χ3n) is 4.80. The molecule has 2 aromatic rings. The van der Waals surface area contributed by atoms with Crippen molar-refractivity contribution >= 4 is 16.0 Å². The molecule has 1 aliphatic rings. The summed E-state index contributed by atoms with van der Waals surface area (Å²) in [6, 6.07) is 10.6. The van der Waals surface area contributed by atoms with Crippen LogP contribution < -0.4 is 10.0 Å². The zero-order valence-corrected chi connectivity index (χ0v) is 14.5. The summed E-state index contributed by atoms with van der Waals surface area (Å²) in [7, 11) is -3.74. The van der Waals surface area contributed by atoms with Crippen LogP contribution in [-0.4, -0.2) is 31.5 Å². The lowest BCUT2D eigenvalue weighted by Crippen LogP contribution is -2.36. The SMILES string of the molecule is CC(c1ccccc1)C1CCN(c2ncc(S(N)(=O)=O)cn2)CC1. The fourth-order valence-electron chi connectivity index (χ4n) is 3.25. The number of primary sulfonamides is 1. The molecule has 0 spiro atoms. The van der Waals surface area contributed by atoms with E-state index in [9.17, 15) is 8.42 Å². The van der Waals surface area contributed by atoms with Crippen LogP contribution in [-0.2, 0) is 10.0 Å². The molecule has 0 bridgehead atoms. The molecule has 128 valence electrons. The molecule has 2 heterocycles. The van der Waals surface area contributed by atoms with Gasteiger partial charge in [0.05, 0.1) is 12.4 Å². The number of sulfonamides is 1. The Kier molecular flexibility index (Phi) is 4.82. The number of hydrogen-bond donors (Lipinski definition) is 1. The molecule has 1 aromatic heterocycles. The first-order valence-electron chi connectivity index (χ1n) is 8.10. The lowest BCUT2D eigenvalue weighted by molar-refractivity contribution is 0.352. The van der Waals surface area contributed by atoms with Gasteiger partial charge < -0.3 is 4.90 Å². The Balaban J connectivity index is 1.63. The van der Waals surface area contributed by atoms with E-state index >= 15 is 0 Å². The Morgan fingerprint density at radius 1 is 1.12 bits per heavy atom. The molecular weight excluding hydrogens is 324 g/mol. The van der Waals surface area contributed by atoms with E-state index in [1.54, 1.807) is 0 Å².